The summed E-state index contributed by atoms with van der Waals surface area (Å²) in [4.78, 5) is 72.9. The lowest BCUT2D eigenvalue weighted by Gasteiger charge is -2.21. The number of carbonyl (C=O) groups is 4. The second-order valence-electron chi connectivity index (χ2n) is 29.2. The van der Waals surface area contributed by atoms with Crippen LogP contribution in [0.4, 0.5) is 0 Å². The van der Waals surface area contributed by atoms with E-state index in [4.69, 9.17) is 37.0 Å². The van der Waals surface area contributed by atoms with Crippen LogP contribution in [-0.2, 0) is 65.4 Å². The fraction of sp³-hybridized carbons (Fsp3) is 0.899. The van der Waals surface area contributed by atoms with Crippen LogP contribution in [0.25, 0.3) is 0 Å². The van der Waals surface area contributed by atoms with Crippen molar-refractivity contribution in [3.8, 4) is 0 Å². The molecule has 0 spiro atoms. The maximum atomic E-state index is 13.1. The Morgan fingerprint density at radius 3 is 0.827 bits per heavy atom. The summed E-state index contributed by atoms with van der Waals surface area (Å²) in [5.74, 6) is 0.137. The van der Waals surface area contributed by atoms with Crippen molar-refractivity contribution in [2.75, 3.05) is 39.6 Å². The number of ether oxygens (including phenoxy) is 4. The van der Waals surface area contributed by atoms with Gasteiger partial charge in [-0.15, -0.1) is 0 Å². The van der Waals surface area contributed by atoms with Gasteiger partial charge in [0, 0.05) is 25.7 Å². The van der Waals surface area contributed by atoms with Gasteiger partial charge in [0.05, 0.1) is 26.4 Å². The van der Waals surface area contributed by atoms with Gasteiger partial charge in [0.15, 0.2) is 12.2 Å². The lowest BCUT2D eigenvalue weighted by Crippen LogP contribution is -2.30. The van der Waals surface area contributed by atoms with Crippen molar-refractivity contribution in [2.24, 2.45) is 17.8 Å². The number of aliphatic hydroxyl groups excluding tert-OH is 1. The topological polar surface area (TPSA) is 237 Å². The molecule has 0 heterocycles. The molecule has 3 unspecified atom stereocenters. The SMILES string of the molecule is CCCCCC/C=C\C=C/CCCCCCCC(=O)OC[C@H](COP(=O)(O)OCC(O)COP(=O)(O)OC[C@@H](COC(=O)CCCCCCCCCC(C)C)OC(=O)CCCCCCCCCCCCCCCCC(C)C)OC(=O)CCCCCCCCCCCCCCCC(C)C. The van der Waals surface area contributed by atoms with E-state index in [2.05, 4.69) is 72.8 Å². The fourth-order valence-electron chi connectivity index (χ4n) is 11.6. The summed E-state index contributed by atoms with van der Waals surface area (Å²) in [7, 11) is -9.93. The fourth-order valence-corrected chi connectivity index (χ4v) is 13.2. The molecule has 0 aromatic carbocycles. The summed E-state index contributed by atoms with van der Waals surface area (Å²) in [6, 6.07) is 0. The molecule has 5 atom stereocenters. The van der Waals surface area contributed by atoms with Crippen LogP contribution < -0.4 is 0 Å². The van der Waals surface area contributed by atoms with Crippen LogP contribution in [0.1, 0.15) is 382 Å². The van der Waals surface area contributed by atoms with E-state index in [-0.39, 0.29) is 25.7 Å². The first-order chi connectivity index (χ1) is 47.2. The second kappa shape index (κ2) is 68.9. The van der Waals surface area contributed by atoms with E-state index in [1.165, 1.54) is 167 Å². The van der Waals surface area contributed by atoms with Gasteiger partial charge in [-0.05, 0) is 69.1 Å². The van der Waals surface area contributed by atoms with Gasteiger partial charge in [0.2, 0.25) is 0 Å². The zero-order valence-electron chi connectivity index (χ0n) is 63.7. The molecule has 0 aliphatic carbocycles. The maximum Gasteiger partial charge on any atom is 0.472 e. The van der Waals surface area contributed by atoms with Gasteiger partial charge in [-0.1, -0.05) is 330 Å². The largest absolute Gasteiger partial charge is 0.472 e. The number of hydrogen-bond acceptors (Lipinski definition) is 15. The lowest BCUT2D eigenvalue weighted by molar-refractivity contribution is -0.161. The van der Waals surface area contributed by atoms with Crippen molar-refractivity contribution >= 4 is 39.5 Å². The van der Waals surface area contributed by atoms with Crippen molar-refractivity contribution in [3.05, 3.63) is 24.3 Å². The molecular weight excluding hydrogens is 1280 g/mol. The van der Waals surface area contributed by atoms with Crippen molar-refractivity contribution < 1.29 is 80.2 Å². The summed E-state index contributed by atoms with van der Waals surface area (Å²) >= 11 is 0. The standard InChI is InChI=1S/C79H150O17P2/c1-8-9-10-11-12-13-14-15-16-22-27-32-39-46-53-60-76(81)89-66-74(95-78(83)63-56-49-41-34-29-24-19-21-26-31-37-44-51-58-71(4)5)68-93-97(85,86)91-64-73(80)65-92-98(87,88)94-69-75(67-90-77(82)61-54-47-42-35-38-45-52-59-72(6)7)96-79(84)62-55-48-40-33-28-23-18-17-20-25-30-36-43-50-57-70(2)3/h13-16,70-75,80H,8-12,17-69H2,1-7H3,(H,85,86)(H,87,88)/b14-13-,16-15-/t73?,74-,75-/m1/s1. The second-order valence-corrected chi connectivity index (χ2v) is 32.1. The molecule has 0 bridgehead atoms. The lowest BCUT2D eigenvalue weighted by atomic mass is 10.0. The Bertz CT molecular complexity index is 2000. The van der Waals surface area contributed by atoms with E-state index in [1.54, 1.807) is 0 Å². The Morgan fingerprint density at radius 1 is 0.316 bits per heavy atom. The van der Waals surface area contributed by atoms with Crippen LogP contribution in [0.2, 0.25) is 0 Å². The zero-order valence-corrected chi connectivity index (χ0v) is 65.5. The predicted octanol–water partition coefficient (Wildman–Crippen LogP) is 22.9. The van der Waals surface area contributed by atoms with Gasteiger partial charge >= 0.3 is 39.5 Å². The summed E-state index contributed by atoms with van der Waals surface area (Å²) in [5, 5.41) is 10.6. The van der Waals surface area contributed by atoms with Crippen molar-refractivity contribution in [1.29, 1.82) is 0 Å². The number of allylic oxidation sites excluding steroid dienone is 4. The molecule has 0 saturated carbocycles. The maximum absolute atomic E-state index is 13.1. The Labute approximate surface area is 599 Å². The summed E-state index contributed by atoms with van der Waals surface area (Å²) in [6.45, 7) is 11.8. The average Bonchev–Trinajstić information content (AvgIpc) is 0.953. The third-order valence-electron chi connectivity index (χ3n) is 17.8. The van der Waals surface area contributed by atoms with Gasteiger partial charge in [-0.25, -0.2) is 9.13 Å². The molecular formula is C79H150O17P2. The van der Waals surface area contributed by atoms with Crippen LogP contribution in [0, 0.1) is 17.8 Å². The van der Waals surface area contributed by atoms with E-state index in [1.807, 2.05) is 0 Å². The van der Waals surface area contributed by atoms with Gasteiger partial charge in [-0.3, -0.25) is 37.3 Å². The minimum absolute atomic E-state index is 0.100. The van der Waals surface area contributed by atoms with Crippen molar-refractivity contribution in [2.45, 2.75) is 401 Å². The molecule has 0 rings (SSSR count). The zero-order chi connectivity index (χ0) is 72.3. The van der Waals surface area contributed by atoms with E-state index in [9.17, 15) is 43.2 Å². The molecule has 98 heavy (non-hydrogen) atoms. The molecule has 3 N–H and O–H groups in total. The summed E-state index contributed by atoms with van der Waals surface area (Å²) < 4.78 is 68.6. The normalized spacial score (nSPS) is 14.2. The number of carbonyl (C=O) groups excluding carboxylic acids is 4. The van der Waals surface area contributed by atoms with Gasteiger partial charge in [0.1, 0.15) is 19.3 Å². The van der Waals surface area contributed by atoms with Crippen LogP contribution in [0.3, 0.4) is 0 Å². The van der Waals surface area contributed by atoms with Crippen molar-refractivity contribution in [1.82, 2.24) is 0 Å². The Kier molecular flexibility index (Phi) is 67.2. The molecule has 0 aliphatic rings. The summed E-state index contributed by atoms with van der Waals surface area (Å²) in [6.07, 6.45) is 59.1. The Hall–Kier alpha value is -2.46. The third-order valence-corrected chi connectivity index (χ3v) is 19.7. The van der Waals surface area contributed by atoms with Gasteiger partial charge < -0.3 is 33.8 Å². The molecule has 17 nitrogen and oxygen atoms in total. The first-order valence-corrected chi connectivity index (χ1v) is 43.2. The molecule has 0 aliphatic heterocycles. The van der Waals surface area contributed by atoms with Crippen LogP contribution >= 0.6 is 15.6 Å². The number of phosphoric acid groups is 2. The first-order valence-electron chi connectivity index (χ1n) is 40.2. The van der Waals surface area contributed by atoms with E-state index in [0.717, 1.165) is 127 Å². The number of rotatable bonds is 75. The number of phosphoric ester groups is 2. The van der Waals surface area contributed by atoms with Crippen LogP contribution in [0.15, 0.2) is 24.3 Å². The van der Waals surface area contributed by atoms with Crippen molar-refractivity contribution in [3.63, 3.8) is 0 Å². The highest BCUT2D eigenvalue weighted by Gasteiger charge is 2.30. The molecule has 0 fully saturated rings. The highest BCUT2D eigenvalue weighted by Crippen LogP contribution is 2.45. The Morgan fingerprint density at radius 2 is 0.551 bits per heavy atom. The average molecular weight is 1430 g/mol. The van der Waals surface area contributed by atoms with Gasteiger partial charge in [-0.2, -0.15) is 0 Å². The molecule has 0 amide bonds. The number of unbranched alkanes of at least 4 members (excludes halogenated alkanes) is 40. The Balaban J connectivity index is 5.28. The third kappa shape index (κ3) is 71.9. The van der Waals surface area contributed by atoms with Crippen LogP contribution in [0.5, 0.6) is 0 Å². The van der Waals surface area contributed by atoms with E-state index in [0.29, 0.717) is 31.6 Å². The minimum Gasteiger partial charge on any atom is -0.462 e. The first kappa shape index (κ1) is 95.5. The van der Waals surface area contributed by atoms with E-state index >= 15 is 0 Å². The number of esters is 4. The summed E-state index contributed by atoms with van der Waals surface area (Å²) in [5.41, 5.74) is 0. The highest BCUT2D eigenvalue weighted by molar-refractivity contribution is 7.47. The molecule has 578 valence electrons. The molecule has 0 aromatic heterocycles. The highest BCUT2D eigenvalue weighted by atomic mass is 31.2. The molecule has 0 aromatic rings. The molecule has 19 heteroatoms. The number of aliphatic hydroxyl groups is 1. The number of hydrogen-bond donors (Lipinski definition) is 3. The van der Waals surface area contributed by atoms with Crippen LogP contribution in [-0.4, -0.2) is 96.7 Å². The smallest absolute Gasteiger partial charge is 0.462 e. The minimum atomic E-state index is -4.97. The predicted molar refractivity (Wildman–Crippen MR) is 400 cm³/mol. The van der Waals surface area contributed by atoms with Gasteiger partial charge in [0.25, 0.3) is 0 Å². The quantitative estimate of drug-likeness (QED) is 0.0169. The molecule has 0 saturated heterocycles. The molecule has 0 radical (unpaired) electrons. The monoisotopic (exact) mass is 1430 g/mol. The van der Waals surface area contributed by atoms with E-state index < -0.39 is 97.5 Å².